The van der Waals surface area contributed by atoms with Crippen molar-refractivity contribution < 1.29 is 9.59 Å². The molecule has 0 saturated carbocycles. The van der Waals surface area contributed by atoms with Crippen LogP contribution in [0.3, 0.4) is 0 Å². The minimum atomic E-state index is -0.000856. The molecule has 2 rings (SSSR count). The molecule has 4 nitrogen and oxygen atoms in total. The van der Waals surface area contributed by atoms with Crippen LogP contribution >= 0.6 is 0 Å². The van der Waals surface area contributed by atoms with Crippen LogP contribution in [0.4, 0.5) is 5.69 Å². The molecule has 4 heteroatoms. The van der Waals surface area contributed by atoms with Crippen molar-refractivity contribution in [3.8, 4) is 0 Å². The number of carbonyl (C=O) groups is 2. The molecule has 2 aromatic rings. The van der Waals surface area contributed by atoms with Gasteiger partial charge in [-0.25, -0.2) is 0 Å². The lowest BCUT2D eigenvalue weighted by Crippen LogP contribution is -2.24. The van der Waals surface area contributed by atoms with Crippen molar-refractivity contribution in [1.29, 1.82) is 0 Å². The zero-order valence-corrected chi connectivity index (χ0v) is 12.6. The van der Waals surface area contributed by atoms with Crippen LogP contribution in [0.15, 0.2) is 54.6 Å². The Balaban J connectivity index is 1.73. The Labute approximate surface area is 130 Å². The summed E-state index contributed by atoms with van der Waals surface area (Å²) in [5.74, 6) is 0.0309. The van der Waals surface area contributed by atoms with Gasteiger partial charge in [-0.15, -0.1) is 0 Å². The average Bonchev–Trinajstić information content (AvgIpc) is 2.54. The Kier molecular flexibility index (Phi) is 5.72. The number of anilines is 1. The maximum absolute atomic E-state index is 11.8. The van der Waals surface area contributed by atoms with Crippen molar-refractivity contribution >= 4 is 17.4 Å². The van der Waals surface area contributed by atoms with Gasteiger partial charge in [0, 0.05) is 30.8 Å². The van der Waals surface area contributed by atoms with Gasteiger partial charge in [-0.3, -0.25) is 9.59 Å². The van der Waals surface area contributed by atoms with Crippen LogP contribution in [0.25, 0.3) is 0 Å². The van der Waals surface area contributed by atoms with Crippen molar-refractivity contribution in [2.24, 2.45) is 0 Å². The fourth-order valence-electron chi connectivity index (χ4n) is 2.05. The van der Waals surface area contributed by atoms with Gasteiger partial charge in [-0.05, 0) is 24.6 Å². The first-order valence-electron chi connectivity index (χ1n) is 7.30. The number of ketones is 1. The highest BCUT2D eigenvalue weighted by atomic mass is 16.1. The number of hydrogen-bond donors (Lipinski definition) is 2. The van der Waals surface area contributed by atoms with Gasteiger partial charge in [0.2, 0.25) is 5.91 Å². The van der Waals surface area contributed by atoms with E-state index in [-0.39, 0.29) is 11.7 Å². The normalized spacial score (nSPS) is 10.0. The van der Waals surface area contributed by atoms with E-state index in [0.29, 0.717) is 25.1 Å². The summed E-state index contributed by atoms with van der Waals surface area (Å²) in [6.45, 7) is 2.61. The quantitative estimate of drug-likeness (QED) is 0.772. The molecular formula is C18H20N2O2. The third kappa shape index (κ3) is 5.05. The van der Waals surface area contributed by atoms with Crippen LogP contribution in [0, 0.1) is 0 Å². The molecule has 0 aliphatic rings. The molecule has 0 aliphatic heterocycles. The van der Waals surface area contributed by atoms with Crippen LogP contribution in [0.1, 0.15) is 29.3 Å². The number of carbonyl (C=O) groups excluding carboxylic acids is 2. The summed E-state index contributed by atoms with van der Waals surface area (Å²) in [6, 6.07) is 17.1. The molecule has 0 spiro atoms. The van der Waals surface area contributed by atoms with Gasteiger partial charge in [0.1, 0.15) is 0 Å². The third-order valence-electron chi connectivity index (χ3n) is 3.28. The van der Waals surface area contributed by atoms with E-state index in [1.165, 1.54) is 6.92 Å². The molecule has 1 amide bonds. The van der Waals surface area contributed by atoms with Crippen LogP contribution in [-0.4, -0.2) is 18.2 Å². The summed E-state index contributed by atoms with van der Waals surface area (Å²) < 4.78 is 0. The highest BCUT2D eigenvalue weighted by Crippen LogP contribution is 2.11. The lowest BCUT2D eigenvalue weighted by atomic mass is 10.1. The second-order valence-corrected chi connectivity index (χ2v) is 5.08. The van der Waals surface area contributed by atoms with E-state index in [4.69, 9.17) is 0 Å². The first kappa shape index (κ1) is 15.8. The van der Waals surface area contributed by atoms with Crippen molar-refractivity contribution in [3.05, 3.63) is 65.7 Å². The summed E-state index contributed by atoms with van der Waals surface area (Å²) in [7, 11) is 0. The lowest BCUT2D eigenvalue weighted by molar-refractivity contribution is -0.121. The number of amides is 1. The molecule has 0 bridgehead atoms. The van der Waals surface area contributed by atoms with Gasteiger partial charge in [0.15, 0.2) is 5.78 Å². The zero-order chi connectivity index (χ0) is 15.8. The highest BCUT2D eigenvalue weighted by Gasteiger charge is 2.03. The molecule has 0 radical (unpaired) electrons. The summed E-state index contributed by atoms with van der Waals surface area (Å²) in [5, 5.41) is 6.04. The monoisotopic (exact) mass is 296 g/mol. The molecule has 0 fully saturated rings. The Morgan fingerprint density at radius 3 is 2.50 bits per heavy atom. The largest absolute Gasteiger partial charge is 0.385 e. The number of Topliss-reactive ketones (excluding diaryl/α,β-unsaturated/α-hetero) is 1. The SMILES string of the molecule is CC(=O)c1cccc(NCCC(=O)NCc2ccccc2)c1. The van der Waals surface area contributed by atoms with E-state index < -0.39 is 0 Å². The minimum absolute atomic E-state index is 0.000856. The third-order valence-corrected chi connectivity index (χ3v) is 3.28. The fraction of sp³-hybridized carbons (Fsp3) is 0.222. The number of rotatable bonds is 7. The Bertz CT molecular complexity index is 639. The zero-order valence-electron chi connectivity index (χ0n) is 12.6. The van der Waals surface area contributed by atoms with Gasteiger partial charge < -0.3 is 10.6 Å². The van der Waals surface area contributed by atoms with E-state index in [1.54, 1.807) is 12.1 Å². The van der Waals surface area contributed by atoms with E-state index >= 15 is 0 Å². The molecule has 0 aliphatic carbocycles. The van der Waals surface area contributed by atoms with E-state index in [1.807, 2.05) is 42.5 Å². The second-order valence-electron chi connectivity index (χ2n) is 5.08. The van der Waals surface area contributed by atoms with Crippen molar-refractivity contribution in [1.82, 2.24) is 5.32 Å². The van der Waals surface area contributed by atoms with Gasteiger partial charge in [-0.1, -0.05) is 42.5 Å². The minimum Gasteiger partial charge on any atom is -0.385 e. The Morgan fingerprint density at radius 2 is 1.77 bits per heavy atom. The molecule has 0 atom stereocenters. The predicted molar refractivity (Wildman–Crippen MR) is 87.8 cm³/mol. The topological polar surface area (TPSA) is 58.2 Å². The number of benzene rings is 2. The van der Waals surface area contributed by atoms with Crippen LogP contribution < -0.4 is 10.6 Å². The highest BCUT2D eigenvalue weighted by molar-refractivity contribution is 5.94. The van der Waals surface area contributed by atoms with Gasteiger partial charge >= 0.3 is 0 Å². The summed E-state index contributed by atoms with van der Waals surface area (Å²) in [4.78, 5) is 23.1. The van der Waals surface area contributed by atoms with Crippen LogP contribution in [-0.2, 0) is 11.3 Å². The number of nitrogens with one attached hydrogen (secondary N) is 2. The first-order valence-corrected chi connectivity index (χ1v) is 7.30. The maximum atomic E-state index is 11.8. The summed E-state index contributed by atoms with van der Waals surface area (Å²) >= 11 is 0. The Hall–Kier alpha value is -2.62. The smallest absolute Gasteiger partial charge is 0.222 e. The van der Waals surface area contributed by atoms with E-state index in [2.05, 4.69) is 10.6 Å². The fourth-order valence-corrected chi connectivity index (χ4v) is 2.05. The molecule has 0 saturated heterocycles. The summed E-state index contributed by atoms with van der Waals surface area (Å²) in [5.41, 5.74) is 2.60. The van der Waals surface area contributed by atoms with Crippen molar-refractivity contribution in [3.63, 3.8) is 0 Å². The molecule has 2 aromatic carbocycles. The van der Waals surface area contributed by atoms with Gasteiger partial charge in [-0.2, -0.15) is 0 Å². The maximum Gasteiger partial charge on any atom is 0.222 e. The van der Waals surface area contributed by atoms with Crippen molar-refractivity contribution in [2.75, 3.05) is 11.9 Å². The molecular weight excluding hydrogens is 276 g/mol. The standard InChI is InChI=1S/C18H20N2O2/c1-14(21)16-8-5-9-17(12-16)19-11-10-18(22)20-13-15-6-3-2-4-7-15/h2-9,12,19H,10-11,13H2,1H3,(H,20,22). The first-order chi connectivity index (χ1) is 10.6. The summed E-state index contributed by atoms with van der Waals surface area (Å²) in [6.07, 6.45) is 0.386. The molecule has 0 aromatic heterocycles. The molecule has 0 heterocycles. The Morgan fingerprint density at radius 1 is 1.00 bits per heavy atom. The van der Waals surface area contributed by atoms with Crippen molar-refractivity contribution in [2.45, 2.75) is 19.9 Å². The van der Waals surface area contributed by atoms with Crippen LogP contribution in [0.2, 0.25) is 0 Å². The predicted octanol–water partition coefficient (Wildman–Crippen LogP) is 3.01. The average molecular weight is 296 g/mol. The van der Waals surface area contributed by atoms with Gasteiger partial charge in [0.05, 0.1) is 0 Å². The molecule has 22 heavy (non-hydrogen) atoms. The van der Waals surface area contributed by atoms with E-state index in [9.17, 15) is 9.59 Å². The molecule has 0 unspecified atom stereocenters. The van der Waals surface area contributed by atoms with Gasteiger partial charge in [0.25, 0.3) is 0 Å². The lowest BCUT2D eigenvalue weighted by Gasteiger charge is -2.08. The number of hydrogen-bond acceptors (Lipinski definition) is 3. The molecule has 2 N–H and O–H groups in total. The van der Waals surface area contributed by atoms with E-state index in [0.717, 1.165) is 11.3 Å². The van der Waals surface area contributed by atoms with Crippen LogP contribution in [0.5, 0.6) is 0 Å². The second kappa shape index (κ2) is 7.98. The molecule has 114 valence electrons.